The summed E-state index contributed by atoms with van der Waals surface area (Å²) in [6, 6.07) is 9.01. The summed E-state index contributed by atoms with van der Waals surface area (Å²) in [5.74, 6) is -0.160. The molecule has 1 aliphatic rings. The lowest BCUT2D eigenvalue weighted by Gasteiger charge is -2.28. The van der Waals surface area contributed by atoms with Crippen LogP contribution in [-0.4, -0.2) is 32.9 Å². The normalized spacial score (nSPS) is 22.0. The summed E-state index contributed by atoms with van der Waals surface area (Å²) >= 11 is 0. The highest BCUT2D eigenvalue weighted by Crippen LogP contribution is 2.20. The van der Waals surface area contributed by atoms with Crippen molar-refractivity contribution in [1.82, 2.24) is 15.1 Å². The quantitative estimate of drug-likeness (QED) is 0.905. The summed E-state index contributed by atoms with van der Waals surface area (Å²) in [6.45, 7) is 0. The smallest absolute Gasteiger partial charge is 0.253 e. The summed E-state index contributed by atoms with van der Waals surface area (Å²) in [7, 11) is 0. The minimum Gasteiger partial charge on any atom is -0.391 e. The van der Waals surface area contributed by atoms with Crippen molar-refractivity contribution in [1.29, 1.82) is 0 Å². The number of aliphatic hydroxyl groups is 1. The molecule has 0 bridgehead atoms. The van der Waals surface area contributed by atoms with E-state index in [0.29, 0.717) is 5.56 Å². The van der Waals surface area contributed by atoms with Crippen molar-refractivity contribution in [2.45, 2.75) is 37.8 Å². The Morgan fingerprint density at radius 1 is 1.24 bits per heavy atom. The van der Waals surface area contributed by atoms with E-state index in [4.69, 9.17) is 0 Å². The zero-order valence-electron chi connectivity index (χ0n) is 11.8. The largest absolute Gasteiger partial charge is 0.391 e. The van der Waals surface area contributed by atoms with Gasteiger partial charge in [0.25, 0.3) is 5.91 Å². The second-order valence-corrected chi connectivity index (χ2v) is 5.40. The second-order valence-electron chi connectivity index (χ2n) is 5.40. The fraction of sp³-hybridized carbons (Fsp3) is 0.375. The van der Waals surface area contributed by atoms with Gasteiger partial charge in [-0.1, -0.05) is 25.0 Å². The fourth-order valence-electron chi connectivity index (χ4n) is 2.80. The number of carbonyl (C=O) groups is 1. The fourth-order valence-corrected chi connectivity index (χ4v) is 2.80. The average molecular weight is 285 g/mol. The first-order chi connectivity index (χ1) is 10.3. The number of para-hydroxylation sites is 1. The number of aromatic nitrogens is 2. The number of carbonyl (C=O) groups excluding carboxylic acids is 1. The number of nitrogens with zero attached hydrogens (tertiary/aromatic N) is 2. The maximum atomic E-state index is 12.5. The Kier molecular flexibility index (Phi) is 4.01. The third kappa shape index (κ3) is 2.97. The number of aliphatic hydroxyl groups excluding tert-OH is 1. The molecule has 1 aromatic carbocycles. The Morgan fingerprint density at radius 3 is 2.81 bits per heavy atom. The van der Waals surface area contributed by atoms with Gasteiger partial charge in [0.05, 0.1) is 23.4 Å². The number of hydrogen-bond acceptors (Lipinski definition) is 3. The lowest BCUT2D eigenvalue weighted by atomic mass is 9.92. The number of amides is 1. The van der Waals surface area contributed by atoms with Gasteiger partial charge in [-0.3, -0.25) is 4.79 Å². The van der Waals surface area contributed by atoms with Crippen molar-refractivity contribution in [2.24, 2.45) is 0 Å². The number of rotatable bonds is 3. The van der Waals surface area contributed by atoms with E-state index in [-0.39, 0.29) is 11.9 Å². The summed E-state index contributed by atoms with van der Waals surface area (Å²) < 4.78 is 1.67. The first kappa shape index (κ1) is 13.8. The Hall–Kier alpha value is -2.14. The molecule has 2 atom stereocenters. The van der Waals surface area contributed by atoms with Crippen LogP contribution < -0.4 is 5.32 Å². The van der Waals surface area contributed by atoms with Gasteiger partial charge in [0.2, 0.25) is 0 Å². The molecule has 3 rings (SSSR count). The van der Waals surface area contributed by atoms with Crippen molar-refractivity contribution in [2.75, 3.05) is 0 Å². The van der Waals surface area contributed by atoms with Crippen LogP contribution in [0.15, 0.2) is 42.7 Å². The highest BCUT2D eigenvalue weighted by atomic mass is 16.3. The van der Waals surface area contributed by atoms with Gasteiger partial charge in [0.1, 0.15) is 0 Å². The highest BCUT2D eigenvalue weighted by Gasteiger charge is 2.25. The van der Waals surface area contributed by atoms with Crippen molar-refractivity contribution in [3.05, 3.63) is 48.3 Å². The van der Waals surface area contributed by atoms with Crippen LogP contribution in [0.25, 0.3) is 5.69 Å². The average Bonchev–Trinajstić information content (AvgIpc) is 3.04. The summed E-state index contributed by atoms with van der Waals surface area (Å²) in [4.78, 5) is 12.5. The molecule has 1 heterocycles. The van der Waals surface area contributed by atoms with Crippen LogP contribution in [0.2, 0.25) is 0 Å². The van der Waals surface area contributed by atoms with Crippen LogP contribution in [0.4, 0.5) is 0 Å². The van der Waals surface area contributed by atoms with E-state index in [1.54, 1.807) is 16.9 Å². The minimum atomic E-state index is -0.445. The molecular formula is C16H19N3O2. The predicted octanol–water partition coefficient (Wildman–Crippen LogP) is 1.91. The zero-order chi connectivity index (χ0) is 14.7. The molecule has 1 amide bonds. The van der Waals surface area contributed by atoms with Crippen molar-refractivity contribution in [3.63, 3.8) is 0 Å². The van der Waals surface area contributed by atoms with Gasteiger partial charge in [0.15, 0.2) is 0 Å². The molecule has 0 spiro atoms. The summed E-state index contributed by atoms with van der Waals surface area (Å²) in [5.41, 5.74) is 1.31. The SMILES string of the molecule is O=C(NC1CCCCC1O)c1ccccc1-n1cccn1. The molecule has 1 aliphatic carbocycles. The molecule has 1 fully saturated rings. The number of nitrogens with one attached hydrogen (secondary N) is 1. The van der Waals surface area contributed by atoms with Gasteiger partial charge < -0.3 is 10.4 Å². The second kappa shape index (κ2) is 6.10. The van der Waals surface area contributed by atoms with Crippen LogP contribution in [0.1, 0.15) is 36.0 Å². The molecule has 0 aliphatic heterocycles. The van der Waals surface area contributed by atoms with E-state index < -0.39 is 6.10 Å². The molecule has 21 heavy (non-hydrogen) atoms. The molecule has 5 nitrogen and oxygen atoms in total. The Bertz CT molecular complexity index is 610. The molecule has 0 radical (unpaired) electrons. The van der Waals surface area contributed by atoms with Crippen molar-refractivity contribution in [3.8, 4) is 5.69 Å². The summed E-state index contributed by atoms with van der Waals surface area (Å²) in [5, 5.41) is 17.1. The summed E-state index contributed by atoms with van der Waals surface area (Å²) in [6.07, 6.45) is 6.70. The van der Waals surface area contributed by atoms with E-state index in [2.05, 4.69) is 10.4 Å². The molecular weight excluding hydrogens is 266 g/mol. The van der Waals surface area contributed by atoms with Crippen LogP contribution in [0.3, 0.4) is 0 Å². The Labute approximate surface area is 123 Å². The van der Waals surface area contributed by atoms with E-state index in [9.17, 15) is 9.90 Å². The molecule has 0 saturated heterocycles. The maximum absolute atomic E-state index is 12.5. The van der Waals surface area contributed by atoms with Crippen LogP contribution in [-0.2, 0) is 0 Å². The molecule has 2 N–H and O–H groups in total. The van der Waals surface area contributed by atoms with Crippen LogP contribution >= 0.6 is 0 Å². The van der Waals surface area contributed by atoms with Gasteiger partial charge in [-0.05, 0) is 31.0 Å². The Morgan fingerprint density at radius 2 is 2.05 bits per heavy atom. The van der Waals surface area contributed by atoms with Crippen molar-refractivity contribution < 1.29 is 9.90 Å². The number of hydrogen-bond donors (Lipinski definition) is 2. The molecule has 1 aromatic heterocycles. The Balaban J connectivity index is 1.82. The lowest BCUT2D eigenvalue weighted by molar-refractivity contribution is 0.0717. The topological polar surface area (TPSA) is 67.2 Å². The third-order valence-corrected chi connectivity index (χ3v) is 3.95. The van der Waals surface area contributed by atoms with Crippen molar-refractivity contribution >= 4 is 5.91 Å². The molecule has 1 saturated carbocycles. The van der Waals surface area contributed by atoms with Gasteiger partial charge in [-0.25, -0.2) is 4.68 Å². The minimum absolute atomic E-state index is 0.156. The van der Waals surface area contributed by atoms with Crippen LogP contribution in [0.5, 0.6) is 0 Å². The highest BCUT2D eigenvalue weighted by molar-refractivity contribution is 5.97. The van der Waals surface area contributed by atoms with E-state index in [0.717, 1.165) is 31.4 Å². The van der Waals surface area contributed by atoms with E-state index in [1.807, 2.05) is 30.5 Å². The lowest BCUT2D eigenvalue weighted by Crippen LogP contribution is -2.45. The number of benzene rings is 1. The molecule has 5 heteroatoms. The molecule has 110 valence electrons. The van der Waals surface area contributed by atoms with Gasteiger partial charge >= 0.3 is 0 Å². The molecule has 2 unspecified atom stereocenters. The van der Waals surface area contributed by atoms with Crippen LogP contribution in [0, 0.1) is 0 Å². The van der Waals surface area contributed by atoms with Gasteiger partial charge in [-0.2, -0.15) is 5.10 Å². The standard InChI is InChI=1S/C16H19N3O2/c20-15-9-4-2-7-13(15)18-16(21)12-6-1-3-8-14(12)19-11-5-10-17-19/h1,3,5-6,8,10-11,13,15,20H,2,4,7,9H2,(H,18,21). The van der Waals surface area contributed by atoms with Gasteiger partial charge in [-0.15, -0.1) is 0 Å². The monoisotopic (exact) mass is 285 g/mol. The zero-order valence-corrected chi connectivity index (χ0v) is 11.8. The maximum Gasteiger partial charge on any atom is 0.253 e. The van der Waals surface area contributed by atoms with E-state index >= 15 is 0 Å². The first-order valence-corrected chi connectivity index (χ1v) is 7.33. The third-order valence-electron chi connectivity index (χ3n) is 3.95. The predicted molar refractivity (Wildman–Crippen MR) is 79.3 cm³/mol. The first-order valence-electron chi connectivity index (χ1n) is 7.33. The van der Waals surface area contributed by atoms with Gasteiger partial charge in [0, 0.05) is 12.4 Å². The van der Waals surface area contributed by atoms with E-state index in [1.165, 1.54) is 0 Å². The molecule has 2 aromatic rings.